The molecule has 0 saturated heterocycles. The topological polar surface area (TPSA) is 49.4 Å². The van der Waals surface area contributed by atoms with Crippen LogP contribution in [0.5, 0.6) is 0 Å². The molecule has 156 valence electrons. The summed E-state index contributed by atoms with van der Waals surface area (Å²) in [5.41, 5.74) is 4.64. The molecule has 2 aromatic rings. The van der Waals surface area contributed by atoms with Gasteiger partial charge in [-0.2, -0.15) is 0 Å². The summed E-state index contributed by atoms with van der Waals surface area (Å²) in [6.45, 7) is 8.78. The lowest BCUT2D eigenvalue weighted by Gasteiger charge is -2.31. The minimum absolute atomic E-state index is 0.0108. The summed E-state index contributed by atoms with van der Waals surface area (Å²) in [7, 11) is 1.62. The van der Waals surface area contributed by atoms with Crippen molar-refractivity contribution in [2.45, 2.75) is 65.5 Å². The summed E-state index contributed by atoms with van der Waals surface area (Å²) in [4.78, 5) is 27.3. The molecule has 0 aliphatic heterocycles. The third-order valence-electron chi connectivity index (χ3n) is 5.51. The molecule has 1 unspecified atom stereocenters. The summed E-state index contributed by atoms with van der Waals surface area (Å²) in [6, 6.07) is 16.0. The number of carbonyl (C=O) groups excluding carboxylic acids is 2. The lowest BCUT2D eigenvalue weighted by molar-refractivity contribution is -0.141. The van der Waals surface area contributed by atoms with Crippen LogP contribution in [0.3, 0.4) is 0 Å². The summed E-state index contributed by atoms with van der Waals surface area (Å²) < 4.78 is 0. The van der Waals surface area contributed by atoms with E-state index in [4.69, 9.17) is 0 Å². The Bertz CT molecular complexity index is 812. The van der Waals surface area contributed by atoms with Gasteiger partial charge in [-0.15, -0.1) is 0 Å². The molecule has 2 aromatic carbocycles. The van der Waals surface area contributed by atoms with Gasteiger partial charge in [0.25, 0.3) is 0 Å². The van der Waals surface area contributed by atoms with Gasteiger partial charge in [0.2, 0.25) is 11.8 Å². The fourth-order valence-electron chi connectivity index (χ4n) is 3.52. The highest BCUT2D eigenvalue weighted by Crippen LogP contribution is 2.19. The Labute approximate surface area is 175 Å². The maximum atomic E-state index is 13.2. The van der Waals surface area contributed by atoms with E-state index in [1.54, 1.807) is 11.9 Å². The van der Waals surface area contributed by atoms with Crippen LogP contribution in [0.15, 0.2) is 48.5 Å². The number of rotatable bonds is 9. The van der Waals surface area contributed by atoms with Gasteiger partial charge in [-0.1, -0.05) is 69.3 Å². The van der Waals surface area contributed by atoms with Crippen molar-refractivity contribution in [3.63, 3.8) is 0 Å². The Hall–Kier alpha value is -2.62. The third-order valence-corrected chi connectivity index (χ3v) is 5.51. The summed E-state index contributed by atoms with van der Waals surface area (Å²) >= 11 is 0. The van der Waals surface area contributed by atoms with E-state index in [-0.39, 0.29) is 11.8 Å². The zero-order valence-electron chi connectivity index (χ0n) is 18.4. The van der Waals surface area contributed by atoms with Crippen LogP contribution < -0.4 is 5.32 Å². The van der Waals surface area contributed by atoms with E-state index in [1.807, 2.05) is 38.1 Å². The van der Waals surface area contributed by atoms with Crippen molar-refractivity contribution in [2.75, 3.05) is 7.05 Å². The van der Waals surface area contributed by atoms with Crippen LogP contribution >= 0.6 is 0 Å². The molecular weight excluding hydrogens is 360 g/mol. The molecule has 1 N–H and O–H groups in total. The van der Waals surface area contributed by atoms with Gasteiger partial charge in [-0.05, 0) is 47.9 Å². The quantitative estimate of drug-likeness (QED) is 0.675. The molecule has 0 radical (unpaired) electrons. The lowest BCUT2D eigenvalue weighted by Crippen LogP contribution is -2.48. The van der Waals surface area contributed by atoms with Crippen molar-refractivity contribution < 1.29 is 9.59 Å². The Balaban J connectivity index is 2.16. The predicted octanol–water partition coefficient (Wildman–Crippen LogP) is 4.60. The fourth-order valence-corrected chi connectivity index (χ4v) is 3.52. The first-order chi connectivity index (χ1) is 13.9. The molecule has 1 atom stereocenters. The van der Waals surface area contributed by atoms with E-state index in [0.29, 0.717) is 31.7 Å². The number of nitrogens with one attached hydrogen (secondary N) is 1. The van der Waals surface area contributed by atoms with E-state index in [9.17, 15) is 9.59 Å². The molecule has 0 spiro atoms. The number of likely N-dealkylation sites (N-methyl/N-ethyl adjacent to an activating group) is 1. The minimum Gasteiger partial charge on any atom is -0.357 e. The van der Waals surface area contributed by atoms with E-state index >= 15 is 0 Å². The van der Waals surface area contributed by atoms with Crippen molar-refractivity contribution in [3.8, 4) is 0 Å². The fraction of sp³-hybridized carbons (Fsp3) is 0.440. The molecule has 0 saturated carbocycles. The van der Waals surface area contributed by atoms with Gasteiger partial charge in [0, 0.05) is 20.0 Å². The average molecular weight is 395 g/mol. The molecule has 0 aliphatic rings. The number of aryl methyl sites for hydroxylation is 2. The van der Waals surface area contributed by atoms with Crippen LogP contribution in [0.25, 0.3) is 0 Å². The van der Waals surface area contributed by atoms with Crippen LogP contribution in [0, 0.1) is 6.92 Å². The maximum absolute atomic E-state index is 13.2. The molecule has 0 bridgehead atoms. The molecule has 2 rings (SSSR count). The highest BCUT2D eigenvalue weighted by atomic mass is 16.2. The molecule has 29 heavy (non-hydrogen) atoms. The second-order valence-corrected chi connectivity index (χ2v) is 7.88. The Morgan fingerprint density at radius 3 is 2.24 bits per heavy atom. The van der Waals surface area contributed by atoms with Crippen LogP contribution in [-0.4, -0.2) is 29.8 Å². The molecule has 4 nitrogen and oxygen atoms in total. The van der Waals surface area contributed by atoms with Gasteiger partial charge < -0.3 is 10.2 Å². The normalized spacial score (nSPS) is 11.9. The molecule has 0 aliphatic carbocycles. The van der Waals surface area contributed by atoms with E-state index < -0.39 is 6.04 Å². The van der Waals surface area contributed by atoms with Crippen molar-refractivity contribution in [1.82, 2.24) is 10.2 Å². The number of hydrogen-bond acceptors (Lipinski definition) is 2. The van der Waals surface area contributed by atoms with Crippen LogP contribution in [0.2, 0.25) is 0 Å². The van der Waals surface area contributed by atoms with Crippen LogP contribution in [0.1, 0.15) is 61.8 Å². The van der Waals surface area contributed by atoms with Gasteiger partial charge in [0.05, 0.1) is 0 Å². The molecule has 2 amide bonds. The number of carbonyl (C=O) groups is 2. The van der Waals surface area contributed by atoms with Crippen molar-refractivity contribution >= 4 is 11.8 Å². The maximum Gasteiger partial charge on any atom is 0.242 e. The molecule has 4 heteroatoms. The van der Waals surface area contributed by atoms with Gasteiger partial charge in [0.1, 0.15) is 6.04 Å². The van der Waals surface area contributed by atoms with Gasteiger partial charge in [0.15, 0.2) is 0 Å². The number of benzene rings is 2. The molecule has 0 aromatic heterocycles. The summed E-state index contributed by atoms with van der Waals surface area (Å²) in [5, 5.41) is 2.71. The number of nitrogens with zero attached hydrogens (tertiary/aromatic N) is 1. The first kappa shape index (κ1) is 22.7. The molecular formula is C25H34N2O2. The van der Waals surface area contributed by atoms with Crippen LogP contribution in [-0.2, 0) is 22.6 Å². The van der Waals surface area contributed by atoms with Gasteiger partial charge in [-0.3, -0.25) is 9.59 Å². The minimum atomic E-state index is -0.463. The van der Waals surface area contributed by atoms with Gasteiger partial charge >= 0.3 is 0 Å². The third kappa shape index (κ3) is 6.18. The Morgan fingerprint density at radius 2 is 1.69 bits per heavy atom. The number of amides is 2. The summed E-state index contributed by atoms with van der Waals surface area (Å²) in [6.07, 6.45) is 1.65. The van der Waals surface area contributed by atoms with Gasteiger partial charge in [-0.25, -0.2) is 0 Å². The van der Waals surface area contributed by atoms with Crippen molar-refractivity contribution in [1.29, 1.82) is 0 Å². The van der Waals surface area contributed by atoms with Crippen molar-refractivity contribution in [2.24, 2.45) is 0 Å². The largest absolute Gasteiger partial charge is 0.357 e. The monoisotopic (exact) mass is 394 g/mol. The zero-order valence-corrected chi connectivity index (χ0v) is 18.4. The Morgan fingerprint density at radius 1 is 1.03 bits per heavy atom. The van der Waals surface area contributed by atoms with E-state index in [0.717, 1.165) is 16.7 Å². The average Bonchev–Trinajstić information content (AvgIpc) is 2.73. The molecule has 0 fully saturated rings. The SMILES string of the molecule is CCC(C(=O)NC)N(Cc1ccccc1C)C(=O)CCc1ccc(C(C)C)cc1. The highest BCUT2D eigenvalue weighted by molar-refractivity contribution is 5.87. The van der Waals surface area contributed by atoms with Crippen LogP contribution in [0.4, 0.5) is 0 Å². The lowest BCUT2D eigenvalue weighted by atomic mass is 10.00. The second kappa shape index (κ2) is 10.8. The van der Waals surface area contributed by atoms with E-state index in [2.05, 4.69) is 43.4 Å². The Kier molecular flexibility index (Phi) is 8.44. The van der Waals surface area contributed by atoms with Crippen molar-refractivity contribution in [3.05, 3.63) is 70.8 Å². The smallest absolute Gasteiger partial charge is 0.242 e. The first-order valence-corrected chi connectivity index (χ1v) is 10.5. The first-order valence-electron chi connectivity index (χ1n) is 10.5. The molecule has 0 heterocycles. The standard InChI is InChI=1S/C25H34N2O2/c1-6-23(25(29)26-5)27(17-22-10-8-7-9-19(22)4)24(28)16-13-20-11-14-21(15-12-20)18(2)3/h7-12,14-15,18,23H,6,13,16-17H2,1-5H3,(H,26,29). The second-order valence-electron chi connectivity index (χ2n) is 7.88. The summed E-state index contributed by atoms with van der Waals surface area (Å²) in [5.74, 6) is 0.389. The number of hydrogen-bond donors (Lipinski definition) is 1. The van der Waals surface area contributed by atoms with E-state index in [1.165, 1.54) is 5.56 Å². The predicted molar refractivity (Wildman–Crippen MR) is 119 cm³/mol. The zero-order chi connectivity index (χ0) is 21.4. The highest BCUT2D eigenvalue weighted by Gasteiger charge is 2.28.